The molecule has 0 saturated carbocycles. The van der Waals surface area contributed by atoms with Crippen molar-refractivity contribution in [2.24, 2.45) is 0 Å². The highest BCUT2D eigenvalue weighted by molar-refractivity contribution is 6.30. The van der Waals surface area contributed by atoms with Gasteiger partial charge >= 0.3 is 5.97 Å². The summed E-state index contributed by atoms with van der Waals surface area (Å²) in [5.74, 6) is -0.210. The first-order valence-electron chi connectivity index (χ1n) is 5.86. The van der Waals surface area contributed by atoms with Gasteiger partial charge in [-0.15, -0.1) is 0 Å². The maximum atomic E-state index is 11.9. The normalized spacial score (nSPS) is 10.0. The van der Waals surface area contributed by atoms with Gasteiger partial charge in [0.15, 0.2) is 5.69 Å². The number of hydrogen-bond donors (Lipinski definition) is 1. The number of carbonyl (C=O) groups is 1. The van der Waals surface area contributed by atoms with E-state index in [2.05, 4.69) is 0 Å². The van der Waals surface area contributed by atoms with E-state index < -0.39 is 5.97 Å². The number of hydrogen-bond acceptors (Lipinski definition) is 5. The van der Waals surface area contributed by atoms with Crippen LogP contribution in [0.5, 0.6) is 5.75 Å². The minimum atomic E-state index is -0.647. The molecule has 2 rings (SSSR count). The van der Waals surface area contributed by atoms with E-state index in [4.69, 9.17) is 32.1 Å². The van der Waals surface area contributed by atoms with Crippen LogP contribution in [0.2, 0.25) is 5.02 Å². The Morgan fingerprint density at radius 3 is 2.71 bits per heavy atom. The summed E-state index contributed by atoms with van der Waals surface area (Å²) in [5.41, 5.74) is 6.66. The van der Waals surface area contributed by atoms with Gasteiger partial charge in [0.2, 0.25) is 0 Å². The number of rotatable bonds is 3. The topological polar surface area (TPSA) is 90.3 Å². The lowest BCUT2D eigenvalue weighted by molar-refractivity contribution is 0.0593. The Morgan fingerprint density at radius 2 is 2.14 bits per heavy atom. The number of nitrogens with zero attached hydrogens (tertiary/aromatic N) is 2. The third-order valence-electron chi connectivity index (χ3n) is 2.94. The highest BCUT2D eigenvalue weighted by Gasteiger charge is 2.23. The Hall–Kier alpha value is -2.65. The molecule has 0 atom stereocenters. The number of nitrogens with two attached hydrogens (primary N) is 1. The fourth-order valence-electron chi connectivity index (χ4n) is 1.96. The molecule has 0 aliphatic heterocycles. The average molecular weight is 306 g/mol. The maximum absolute atomic E-state index is 11.9. The van der Waals surface area contributed by atoms with Crippen molar-refractivity contribution < 1.29 is 14.3 Å². The molecule has 0 spiro atoms. The molecule has 21 heavy (non-hydrogen) atoms. The average Bonchev–Trinajstić information content (AvgIpc) is 2.82. The van der Waals surface area contributed by atoms with Crippen molar-refractivity contribution in [3.63, 3.8) is 0 Å². The number of carbonyl (C=O) groups excluding carboxylic acids is 1. The van der Waals surface area contributed by atoms with E-state index >= 15 is 0 Å². The zero-order chi connectivity index (χ0) is 15.6. The summed E-state index contributed by atoms with van der Waals surface area (Å²) in [4.78, 5) is 11.9. The van der Waals surface area contributed by atoms with E-state index in [1.54, 1.807) is 18.2 Å². The number of esters is 1. The molecule has 0 bridgehead atoms. The fraction of sp³-hybridized carbons (Fsp3) is 0.143. The van der Waals surface area contributed by atoms with E-state index in [-0.39, 0.29) is 16.9 Å². The van der Waals surface area contributed by atoms with Crippen molar-refractivity contribution in [3.8, 4) is 17.5 Å². The van der Waals surface area contributed by atoms with Crippen LogP contribution in [0, 0.1) is 11.3 Å². The molecule has 0 amide bonds. The van der Waals surface area contributed by atoms with Gasteiger partial charge in [0.05, 0.1) is 31.2 Å². The number of nitrogen functional groups attached to an aromatic ring is 1. The number of anilines is 1. The fourth-order valence-corrected chi connectivity index (χ4v) is 2.12. The summed E-state index contributed by atoms with van der Waals surface area (Å²) in [6.45, 7) is 0. The first-order valence-corrected chi connectivity index (χ1v) is 6.24. The monoisotopic (exact) mass is 305 g/mol. The van der Waals surface area contributed by atoms with Crippen molar-refractivity contribution in [2.75, 3.05) is 20.0 Å². The lowest BCUT2D eigenvalue weighted by atomic mass is 10.2. The van der Waals surface area contributed by atoms with Gasteiger partial charge in [0, 0.05) is 17.3 Å². The Morgan fingerprint density at radius 1 is 1.43 bits per heavy atom. The van der Waals surface area contributed by atoms with Crippen LogP contribution in [-0.4, -0.2) is 24.8 Å². The molecule has 2 N–H and O–H groups in total. The van der Waals surface area contributed by atoms with Crippen LogP contribution < -0.4 is 10.5 Å². The summed E-state index contributed by atoms with van der Waals surface area (Å²) in [7, 11) is 2.72. The Balaban J connectivity index is 2.75. The molecule has 0 radical (unpaired) electrons. The largest absolute Gasteiger partial charge is 0.495 e. The molecule has 1 aromatic carbocycles. The third-order valence-corrected chi connectivity index (χ3v) is 3.18. The van der Waals surface area contributed by atoms with Gasteiger partial charge in [-0.05, 0) is 12.1 Å². The van der Waals surface area contributed by atoms with Gasteiger partial charge < -0.3 is 19.8 Å². The Kier molecular flexibility index (Phi) is 4.05. The second-order valence-electron chi connectivity index (χ2n) is 4.09. The van der Waals surface area contributed by atoms with Crippen molar-refractivity contribution in [3.05, 3.63) is 40.7 Å². The molecule has 1 aromatic heterocycles. The van der Waals surface area contributed by atoms with Gasteiger partial charge in [-0.2, -0.15) is 5.26 Å². The van der Waals surface area contributed by atoms with Crippen LogP contribution in [0.4, 0.5) is 5.69 Å². The number of methoxy groups -OCH3 is 2. The van der Waals surface area contributed by atoms with E-state index in [0.29, 0.717) is 16.5 Å². The molecule has 108 valence electrons. The summed E-state index contributed by atoms with van der Waals surface area (Å²) < 4.78 is 11.4. The molecule has 6 nitrogen and oxygen atoms in total. The second kappa shape index (κ2) is 5.77. The van der Waals surface area contributed by atoms with Crippen molar-refractivity contribution in [1.29, 1.82) is 5.26 Å². The number of benzene rings is 1. The highest BCUT2D eigenvalue weighted by Crippen LogP contribution is 2.31. The number of aromatic nitrogens is 1. The van der Waals surface area contributed by atoms with Gasteiger partial charge in [0.1, 0.15) is 11.8 Å². The first kappa shape index (κ1) is 14.8. The lowest BCUT2D eigenvalue weighted by Gasteiger charge is -2.12. The van der Waals surface area contributed by atoms with E-state index in [0.717, 1.165) is 0 Å². The van der Waals surface area contributed by atoms with Crippen LogP contribution in [0.15, 0.2) is 24.4 Å². The van der Waals surface area contributed by atoms with Crippen molar-refractivity contribution >= 4 is 23.3 Å². The Labute approximate surface area is 126 Å². The third kappa shape index (κ3) is 2.51. The first-order chi connectivity index (χ1) is 10.0. The maximum Gasteiger partial charge on any atom is 0.357 e. The van der Waals surface area contributed by atoms with Crippen LogP contribution >= 0.6 is 11.6 Å². The molecule has 2 aromatic rings. The van der Waals surface area contributed by atoms with E-state index in [9.17, 15) is 4.79 Å². The minimum absolute atomic E-state index is 0.0568. The molecule has 7 heteroatoms. The van der Waals surface area contributed by atoms with Crippen LogP contribution in [0.3, 0.4) is 0 Å². The van der Waals surface area contributed by atoms with Crippen molar-refractivity contribution in [1.82, 2.24) is 4.57 Å². The van der Waals surface area contributed by atoms with Gasteiger partial charge in [-0.3, -0.25) is 0 Å². The van der Waals surface area contributed by atoms with Crippen LogP contribution in [0.25, 0.3) is 5.69 Å². The molecule has 0 aliphatic rings. The molecule has 0 aliphatic carbocycles. The lowest BCUT2D eigenvalue weighted by Crippen LogP contribution is -2.11. The van der Waals surface area contributed by atoms with E-state index in [1.165, 1.54) is 25.0 Å². The minimum Gasteiger partial charge on any atom is -0.495 e. The molecule has 1 heterocycles. The predicted octanol–water partition coefficient (Wildman–Crippen LogP) is 2.38. The molecule has 0 saturated heterocycles. The molecular weight excluding hydrogens is 294 g/mol. The summed E-state index contributed by atoms with van der Waals surface area (Å²) in [5, 5.41) is 9.56. The zero-order valence-corrected chi connectivity index (χ0v) is 12.1. The van der Waals surface area contributed by atoms with Crippen molar-refractivity contribution in [2.45, 2.75) is 0 Å². The highest BCUT2D eigenvalue weighted by atomic mass is 35.5. The SMILES string of the molecule is COC(=O)c1c(N)c(C#N)cn1-c1ccc(Cl)cc1OC. The Bertz CT molecular complexity index is 747. The zero-order valence-electron chi connectivity index (χ0n) is 11.4. The summed E-state index contributed by atoms with van der Waals surface area (Å²) in [6.07, 6.45) is 1.45. The molecular formula is C14H12ClN3O3. The number of nitriles is 1. The van der Waals surface area contributed by atoms with Gasteiger partial charge in [-0.1, -0.05) is 11.6 Å². The predicted molar refractivity (Wildman–Crippen MR) is 77.8 cm³/mol. The van der Waals surface area contributed by atoms with Gasteiger partial charge in [-0.25, -0.2) is 4.79 Å². The van der Waals surface area contributed by atoms with Crippen LogP contribution in [0.1, 0.15) is 16.1 Å². The van der Waals surface area contributed by atoms with Crippen LogP contribution in [-0.2, 0) is 4.74 Å². The summed E-state index contributed by atoms with van der Waals surface area (Å²) in [6, 6.07) is 6.83. The standard InChI is InChI=1S/C14H12ClN3O3/c1-20-11-5-9(15)3-4-10(11)18-7-8(6-16)12(17)13(18)14(19)21-2/h3-5,7H,17H2,1-2H3. The smallest absolute Gasteiger partial charge is 0.357 e. The second-order valence-corrected chi connectivity index (χ2v) is 4.53. The number of ether oxygens (including phenoxy) is 2. The number of halogens is 1. The molecule has 0 fully saturated rings. The quantitative estimate of drug-likeness (QED) is 0.879. The van der Waals surface area contributed by atoms with Gasteiger partial charge in [0.25, 0.3) is 0 Å². The van der Waals surface area contributed by atoms with E-state index in [1.807, 2.05) is 6.07 Å². The summed E-state index contributed by atoms with van der Waals surface area (Å²) >= 11 is 5.92. The molecule has 0 unspecified atom stereocenters.